The van der Waals surface area contributed by atoms with Crippen LogP contribution < -0.4 is 4.74 Å². The molecule has 1 aromatic heterocycles. The average molecular weight is 364 g/mol. The van der Waals surface area contributed by atoms with Crippen molar-refractivity contribution in [2.24, 2.45) is 0 Å². The zero-order valence-corrected chi connectivity index (χ0v) is 12.8. The van der Waals surface area contributed by atoms with Gasteiger partial charge in [0.05, 0.1) is 16.9 Å². The van der Waals surface area contributed by atoms with Crippen molar-refractivity contribution in [1.82, 2.24) is 9.55 Å². The number of Topliss-reactive ketones (excluding diaryl/α,β-unsaturated/α-hetero) is 1. The first-order chi connectivity index (χ1) is 8.66. The molecule has 2 heterocycles. The number of ketones is 1. The number of rotatable bonds is 1. The lowest BCUT2D eigenvalue weighted by molar-refractivity contribution is 0.0841. The topological polar surface area (TPSA) is 44.1 Å². The number of aromatic nitrogens is 2. The molecule has 0 bridgehead atoms. The Labute approximate surface area is 130 Å². The molecule has 0 aliphatic carbocycles. The summed E-state index contributed by atoms with van der Waals surface area (Å²) in [5.74, 6) is 0.352. The molecule has 1 aromatic carbocycles. The molecule has 0 amide bonds. The van der Waals surface area contributed by atoms with Crippen molar-refractivity contribution in [3.63, 3.8) is 0 Å². The van der Waals surface area contributed by atoms with Crippen molar-refractivity contribution in [1.29, 1.82) is 0 Å². The fourth-order valence-electron chi connectivity index (χ4n) is 1.99. The lowest BCUT2D eigenvalue weighted by Crippen LogP contribution is -2.30. The Morgan fingerprint density at radius 3 is 2.84 bits per heavy atom. The van der Waals surface area contributed by atoms with E-state index in [-0.39, 0.29) is 29.4 Å². The zero-order chi connectivity index (χ0) is 12.7. The fourth-order valence-corrected chi connectivity index (χ4v) is 2.56. The summed E-state index contributed by atoms with van der Waals surface area (Å²) < 4.78 is 7.26. The maximum atomic E-state index is 12.4. The maximum absolute atomic E-state index is 12.4. The molecule has 0 spiro atoms. The molecule has 100 valence electrons. The minimum Gasteiger partial charge on any atom is -0.490 e. The van der Waals surface area contributed by atoms with E-state index in [0.29, 0.717) is 21.4 Å². The number of carbonyl (C=O) groups is 1. The number of ether oxygens (including phenoxy) is 1. The largest absolute Gasteiger partial charge is 0.490 e. The Kier molecular flexibility index (Phi) is 4.18. The van der Waals surface area contributed by atoms with Gasteiger partial charge in [0.1, 0.15) is 18.4 Å². The monoisotopic (exact) mass is 362 g/mol. The fraction of sp³-hybridized carbons (Fsp3) is 0.167. The molecular weight excluding hydrogens is 355 g/mol. The SMILES string of the molecule is Br.O=C1c2c(Cl)cc(Cl)cc2OCC1n1ccnc1. The summed E-state index contributed by atoms with van der Waals surface area (Å²) in [6, 6.07) is 2.71. The lowest BCUT2D eigenvalue weighted by atomic mass is 10.0. The number of hydrogen-bond acceptors (Lipinski definition) is 3. The van der Waals surface area contributed by atoms with E-state index in [1.54, 1.807) is 35.4 Å². The first kappa shape index (κ1) is 14.4. The number of fused-ring (bicyclic) bond motifs is 1. The first-order valence-corrected chi connectivity index (χ1v) is 6.06. The predicted octanol–water partition coefficient (Wildman–Crippen LogP) is 3.58. The molecule has 19 heavy (non-hydrogen) atoms. The van der Waals surface area contributed by atoms with Crippen LogP contribution >= 0.6 is 40.2 Å². The lowest BCUT2D eigenvalue weighted by Gasteiger charge is -2.25. The first-order valence-electron chi connectivity index (χ1n) is 5.30. The van der Waals surface area contributed by atoms with Crippen molar-refractivity contribution in [3.8, 4) is 5.75 Å². The summed E-state index contributed by atoms with van der Waals surface area (Å²) in [6.07, 6.45) is 4.92. The highest BCUT2D eigenvalue weighted by molar-refractivity contribution is 8.93. The van der Waals surface area contributed by atoms with E-state index in [9.17, 15) is 4.79 Å². The quantitative estimate of drug-likeness (QED) is 0.777. The normalized spacial score (nSPS) is 17.4. The molecule has 0 radical (unpaired) electrons. The van der Waals surface area contributed by atoms with E-state index in [4.69, 9.17) is 27.9 Å². The standard InChI is InChI=1S/C12H8Cl2N2O2.BrH/c13-7-3-8(14)11-10(4-7)18-5-9(12(11)17)16-2-1-15-6-16;/h1-4,6,9H,5H2;1H. The summed E-state index contributed by atoms with van der Waals surface area (Å²) in [7, 11) is 0. The smallest absolute Gasteiger partial charge is 0.194 e. The molecule has 0 fully saturated rings. The van der Waals surface area contributed by atoms with Gasteiger partial charge >= 0.3 is 0 Å². The number of carbonyl (C=O) groups excluding carboxylic acids is 1. The van der Waals surface area contributed by atoms with Crippen molar-refractivity contribution < 1.29 is 9.53 Å². The third-order valence-corrected chi connectivity index (χ3v) is 3.37. The number of nitrogens with zero attached hydrogens (tertiary/aromatic N) is 2. The van der Waals surface area contributed by atoms with Crippen LogP contribution in [0.15, 0.2) is 30.9 Å². The van der Waals surface area contributed by atoms with Crippen LogP contribution in [0.5, 0.6) is 5.75 Å². The van der Waals surface area contributed by atoms with Gasteiger partial charge in [0.15, 0.2) is 5.78 Å². The van der Waals surface area contributed by atoms with Crippen LogP contribution in [-0.2, 0) is 0 Å². The second-order valence-corrected chi connectivity index (χ2v) is 4.81. The molecule has 7 heteroatoms. The van der Waals surface area contributed by atoms with Crippen LogP contribution in [0.2, 0.25) is 10.0 Å². The van der Waals surface area contributed by atoms with Crippen molar-refractivity contribution in [2.45, 2.75) is 6.04 Å². The van der Waals surface area contributed by atoms with Gasteiger partial charge in [0.25, 0.3) is 0 Å². The highest BCUT2D eigenvalue weighted by atomic mass is 79.9. The van der Waals surface area contributed by atoms with E-state index in [1.165, 1.54) is 0 Å². The molecule has 0 saturated carbocycles. The molecular formula is C12H9BrCl2N2O2. The second-order valence-electron chi connectivity index (χ2n) is 3.96. The molecule has 1 aliphatic rings. The Morgan fingerprint density at radius 2 is 2.16 bits per heavy atom. The van der Waals surface area contributed by atoms with Crippen LogP contribution in [0.3, 0.4) is 0 Å². The second kappa shape index (κ2) is 5.53. The molecule has 1 aliphatic heterocycles. The van der Waals surface area contributed by atoms with E-state index in [2.05, 4.69) is 4.98 Å². The summed E-state index contributed by atoms with van der Waals surface area (Å²) in [6.45, 7) is 0.249. The highest BCUT2D eigenvalue weighted by Crippen LogP contribution is 2.37. The third-order valence-electron chi connectivity index (χ3n) is 2.85. The molecule has 1 atom stereocenters. The number of halogens is 3. The minimum absolute atomic E-state index is 0. The summed E-state index contributed by atoms with van der Waals surface area (Å²) >= 11 is 11.9. The van der Waals surface area contributed by atoms with Gasteiger partial charge in [-0.15, -0.1) is 17.0 Å². The molecule has 0 saturated heterocycles. The van der Waals surface area contributed by atoms with E-state index >= 15 is 0 Å². The number of benzene rings is 1. The van der Waals surface area contributed by atoms with Gasteiger partial charge in [0.2, 0.25) is 0 Å². The Hall–Kier alpha value is -1.04. The van der Waals surface area contributed by atoms with Crippen LogP contribution in [0, 0.1) is 0 Å². The van der Waals surface area contributed by atoms with Crippen molar-refractivity contribution in [2.75, 3.05) is 6.61 Å². The molecule has 1 unspecified atom stereocenters. The highest BCUT2D eigenvalue weighted by Gasteiger charge is 2.32. The van der Waals surface area contributed by atoms with Crippen LogP contribution in [0.25, 0.3) is 0 Å². The van der Waals surface area contributed by atoms with E-state index < -0.39 is 6.04 Å². The van der Waals surface area contributed by atoms with Crippen molar-refractivity contribution >= 4 is 46.0 Å². The number of imidazole rings is 1. The van der Waals surface area contributed by atoms with Crippen LogP contribution in [0.1, 0.15) is 16.4 Å². The van der Waals surface area contributed by atoms with Gasteiger partial charge < -0.3 is 9.30 Å². The predicted molar refractivity (Wildman–Crippen MR) is 77.9 cm³/mol. The van der Waals surface area contributed by atoms with Crippen LogP contribution in [-0.4, -0.2) is 21.9 Å². The zero-order valence-electron chi connectivity index (χ0n) is 9.55. The Morgan fingerprint density at radius 1 is 1.37 bits per heavy atom. The van der Waals surface area contributed by atoms with E-state index in [0.717, 1.165) is 0 Å². The maximum Gasteiger partial charge on any atom is 0.194 e. The van der Waals surface area contributed by atoms with Gasteiger partial charge in [-0.25, -0.2) is 4.98 Å². The van der Waals surface area contributed by atoms with Gasteiger partial charge in [-0.3, -0.25) is 4.79 Å². The summed E-state index contributed by atoms with van der Waals surface area (Å²) in [5, 5.41) is 0.764. The average Bonchev–Trinajstić information content (AvgIpc) is 2.81. The molecule has 3 rings (SSSR count). The minimum atomic E-state index is -0.432. The van der Waals surface area contributed by atoms with Gasteiger partial charge in [-0.05, 0) is 12.1 Å². The molecule has 2 aromatic rings. The summed E-state index contributed by atoms with van der Waals surface area (Å²) in [4.78, 5) is 16.3. The molecule has 0 N–H and O–H groups in total. The van der Waals surface area contributed by atoms with Gasteiger partial charge in [-0.2, -0.15) is 0 Å². The Balaban J connectivity index is 0.00000133. The van der Waals surface area contributed by atoms with Crippen molar-refractivity contribution in [3.05, 3.63) is 46.5 Å². The third kappa shape index (κ3) is 2.50. The van der Waals surface area contributed by atoms with Crippen LogP contribution in [0.4, 0.5) is 0 Å². The molecule has 4 nitrogen and oxygen atoms in total. The Bertz CT molecular complexity index is 616. The van der Waals surface area contributed by atoms with Gasteiger partial charge in [0, 0.05) is 17.4 Å². The number of hydrogen-bond donors (Lipinski definition) is 0. The van der Waals surface area contributed by atoms with Gasteiger partial charge in [-0.1, -0.05) is 23.2 Å². The summed E-state index contributed by atoms with van der Waals surface area (Å²) in [5.41, 5.74) is 0.381. The van der Waals surface area contributed by atoms with E-state index in [1.807, 2.05) is 0 Å².